The molecule has 1 aliphatic carbocycles. The quantitative estimate of drug-likeness (QED) is 0.774. The lowest BCUT2D eigenvalue weighted by Crippen LogP contribution is -2.44. The maximum atomic E-state index is 12.4. The van der Waals surface area contributed by atoms with Gasteiger partial charge in [0.1, 0.15) is 5.75 Å². The predicted molar refractivity (Wildman–Crippen MR) is 88.3 cm³/mol. The van der Waals surface area contributed by atoms with Crippen molar-refractivity contribution in [1.29, 1.82) is 0 Å². The number of carbonyl (C=O) groups is 1. The van der Waals surface area contributed by atoms with Crippen LogP contribution in [0.3, 0.4) is 0 Å². The Balaban J connectivity index is 1.53. The number of benzene rings is 1. The first-order valence-electron chi connectivity index (χ1n) is 8.53. The molecule has 0 spiro atoms. The van der Waals surface area contributed by atoms with E-state index in [0.717, 1.165) is 6.42 Å². The zero-order chi connectivity index (χ0) is 16.2. The Hall–Kier alpha value is -1.59. The molecular weight excluding hydrogens is 292 g/mol. The fraction of sp³-hybridized carbons (Fsp3) is 0.611. The fourth-order valence-electron chi connectivity index (χ4n) is 3.89. The Morgan fingerprint density at radius 1 is 1.39 bits per heavy atom. The first kappa shape index (κ1) is 16.3. The number of hydrogen-bond donors (Lipinski definition) is 3. The van der Waals surface area contributed by atoms with Gasteiger partial charge in [-0.3, -0.25) is 4.79 Å². The molecule has 1 aromatic carbocycles. The standard InChI is InChI=1S/C18H26N2O3/c1-23-17-9-5-3-7-13(17)16(21)11-19-18(22)15-10-12-6-2-4-8-14(12)20-15/h3,5,7,9,12,14-16,20-21H,2,4,6,8,10-11H2,1H3,(H,19,22)/t12-,14-,15+,16-/m1/s1. The fourth-order valence-corrected chi connectivity index (χ4v) is 3.89. The number of fused-ring (bicyclic) bond motifs is 1. The van der Waals surface area contributed by atoms with E-state index in [2.05, 4.69) is 10.6 Å². The van der Waals surface area contributed by atoms with Crippen molar-refractivity contribution in [2.75, 3.05) is 13.7 Å². The van der Waals surface area contributed by atoms with E-state index in [1.807, 2.05) is 24.3 Å². The van der Waals surface area contributed by atoms with Crippen LogP contribution >= 0.6 is 0 Å². The average Bonchev–Trinajstić information content (AvgIpc) is 3.03. The monoisotopic (exact) mass is 318 g/mol. The van der Waals surface area contributed by atoms with Crippen molar-refractivity contribution in [2.45, 2.75) is 50.3 Å². The topological polar surface area (TPSA) is 70.6 Å². The molecule has 1 saturated heterocycles. The van der Waals surface area contributed by atoms with E-state index < -0.39 is 6.10 Å². The average molecular weight is 318 g/mol. The molecule has 23 heavy (non-hydrogen) atoms. The van der Waals surface area contributed by atoms with Crippen LogP contribution < -0.4 is 15.4 Å². The summed E-state index contributed by atoms with van der Waals surface area (Å²) in [6.07, 6.45) is 5.10. The lowest BCUT2D eigenvalue weighted by Gasteiger charge is -2.24. The molecule has 0 bridgehead atoms. The molecule has 1 saturated carbocycles. The summed E-state index contributed by atoms with van der Waals surface area (Å²) in [5.74, 6) is 1.27. The van der Waals surface area contributed by atoms with Gasteiger partial charge in [0.15, 0.2) is 0 Å². The highest BCUT2D eigenvalue weighted by molar-refractivity contribution is 5.82. The molecule has 2 fully saturated rings. The van der Waals surface area contributed by atoms with Gasteiger partial charge in [-0.2, -0.15) is 0 Å². The molecule has 0 aromatic heterocycles. The Kier molecular flexibility index (Phi) is 5.18. The molecule has 1 aromatic rings. The van der Waals surface area contributed by atoms with Crippen LogP contribution in [0.15, 0.2) is 24.3 Å². The molecule has 4 atom stereocenters. The third kappa shape index (κ3) is 3.67. The van der Waals surface area contributed by atoms with Crippen LogP contribution in [0, 0.1) is 5.92 Å². The van der Waals surface area contributed by atoms with Crippen LogP contribution in [-0.4, -0.2) is 36.8 Å². The van der Waals surface area contributed by atoms with Gasteiger partial charge in [0.05, 0.1) is 19.3 Å². The lowest BCUT2D eigenvalue weighted by atomic mass is 9.85. The van der Waals surface area contributed by atoms with Crippen molar-refractivity contribution < 1.29 is 14.6 Å². The second-order valence-corrected chi connectivity index (χ2v) is 6.61. The van der Waals surface area contributed by atoms with Gasteiger partial charge in [0, 0.05) is 18.2 Å². The van der Waals surface area contributed by atoms with Gasteiger partial charge in [-0.25, -0.2) is 0 Å². The first-order chi connectivity index (χ1) is 11.2. The van der Waals surface area contributed by atoms with Crippen molar-refractivity contribution in [1.82, 2.24) is 10.6 Å². The van der Waals surface area contributed by atoms with Crippen LogP contribution in [0.4, 0.5) is 0 Å². The van der Waals surface area contributed by atoms with E-state index in [-0.39, 0.29) is 18.5 Å². The lowest BCUT2D eigenvalue weighted by molar-refractivity contribution is -0.123. The minimum Gasteiger partial charge on any atom is -0.496 e. The van der Waals surface area contributed by atoms with Gasteiger partial charge in [-0.05, 0) is 31.2 Å². The van der Waals surface area contributed by atoms with E-state index in [1.54, 1.807) is 7.11 Å². The molecule has 1 amide bonds. The minimum atomic E-state index is -0.765. The van der Waals surface area contributed by atoms with Crippen LogP contribution in [0.5, 0.6) is 5.75 Å². The zero-order valence-electron chi connectivity index (χ0n) is 13.6. The van der Waals surface area contributed by atoms with E-state index >= 15 is 0 Å². The van der Waals surface area contributed by atoms with Crippen LogP contribution in [0.2, 0.25) is 0 Å². The highest BCUT2D eigenvalue weighted by Crippen LogP contribution is 2.33. The number of aliphatic hydroxyl groups is 1. The maximum Gasteiger partial charge on any atom is 0.237 e. The van der Waals surface area contributed by atoms with E-state index in [0.29, 0.717) is 23.3 Å². The summed E-state index contributed by atoms with van der Waals surface area (Å²) in [6, 6.07) is 7.72. The van der Waals surface area contributed by atoms with Crippen molar-refractivity contribution >= 4 is 5.91 Å². The zero-order valence-corrected chi connectivity index (χ0v) is 13.6. The van der Waals surface area contributed by atoms with Gasteiger partial charge in [-0.15, -0.1) is 0 Å². The molecule has 5 heteroatoms. The Labute approximate surface area is 137 Å². The molecule has 0 radical (unpaired) electrons. The summed E-state index contributed by atoms with van der Waals surface area (Å²) in [6.45, 7) is 0.201. The second kappa shape index (κ2) is 7.32. The number of para-hydroxylation sites is 1. The van der Waals surface area contributed by atoms with Crippen molar-refractivity contribution in [3.63, 3.8) is 0 Å². The van der Waals surface area contributed by atoms with Gasteiger partial charge in [-0.1, -0.05) is 31.0 Å². The Bertz CT molecular complexity index is 535. The molecule has 126 valence electrons. The molecular formula is C18H26N2O3. The summed E-state index contributed by atoms with van der Waals surface area (Å²) in [5.41, 5.74) is 0.698. The smallest absolute Gasteiger partial charge is 0.237 e. The summed E-state index contributed by atoms with van der Waals surface area (Å²) in [7, 11) is 1.58. The SMILES string of the molecule is COc1ccccc1[C@H](O)CNC(=O)[C@@H]1C[C@H]2CCCC[C@H]2N1. The van der Waals surface area contributed by atoms with Crippen molar-refractivity contribution in [3.8, 4) is 5.75 Å². The van der Waals surface area contributed by atoms with E-state index in [4.69, 9.17) is 4.74 Å². The number of amides is 1. The maximum absolute atomic E-state index is 12.4. The van der Waals surface area contributed by atoms with E-state index in [1.165, 1.54) is 25.7 Å². The number of rotatable bonds is 5. The van der Waals surface area contributed by atoms with Gasteiger partial charge < -0.3 is 20.5 Å². The molecule has 2 aliphatic rings. The van der Waals surface area contributed by atoms with Crippen LogP contribution in [0.1, 0.15) is 43.8 Å². The second-order valence-electron chi connectivity index (χ2n) is 6.61. The van der Waals surface area contributed by atoms with Gasteiger partial charge >= 0.3 is 0 Å². The minimum absolute atomic E-state index is 0.00616. The van der Waals surface area contributed by atoms with Crippen LogP contribution in [-0.2, 0) is 4.79 Å². The predicted octanol–water partition coefficient (Wildman–Crippen LogP) is 1.77. The molecule has 1 aliphatic heterocycles. The number of aliphatic hydroxyl groups excluding tert-OH is 1. The van der Waals surface area contributed by atoms with Gasteiger partial charge in [0.2, 0.25) is 5.91 Å². The molecule has 5 nitrogen and oxygen atoms in total. The molecule has 0 unspecified atom stereocenters. The number of nitrogens with one attached hydrogen (secondary N) is 2. The molecule has 3 N–H and O–H groups in total. The van der Waals surface area contributed by atoms with Gasteiger partial charge in [0.25, 0.3) is 0 Å². The summed E-state index contributed by atoms with van der Waals surface area (Å²) in [5, 5.41) is 16.7. The highest BCUT2D eigenvalue weighted by Gasteiger charge is 2.38. The normalized spacial score (nSPS) is 28.0. The highest BCUT2D eigenvalue weighted by atomic mass is 16.5. The largest absolute Gasteiger partial charge is 0.496 e. The third-order valence-electron chi connectivity index (χ3n) is 5.15. The van der Waals surface area contributed by atoms with Crippen molar-refractivity contribution in [3.05, 3.63) is 29.8 Å². The van der Waals surface area contributed by atoms with Crippen molar-refractivity contribution in [2.24, 2.45) is 5.92 Å². The summed E-state index contributed by atoms with van der Waals surface area (Å²) < 4.78 is 5.25. The number of carbonyl (C=O) groups excluding carboxylic acids is 1. The summed E-state index contributed by atoms with van der Waals surface area (Å²) >= 11 is 0. The molecule has 1 heterocycles. The number of methoxy groups -OCH3 is 1. The van der Waals surface area contributed by atoms with Crippen LogP contribution in [0.25, 0.3) is 0 Å². The Morgan fingerprint density at radius 2 is 2.17 bits per heavy atom. The number of hydrogen-bond acceptors (Lipinski definition) is 4. The summed E-state index contributed by atoms with van der Waals surface area (Å²) in [4.78, 5) is 12.4. The molecule has 3 rings (SSSR count). The third-order valence-corrected chi connectivity index (χ3v) is 5.15. The number of ether oxygens (including phenoxy) is 1. The van der Waals surface area contributed by atoms with E-state index in [9.17, 15) is 9.90 Å². The first-order valence-corrected chi connectivity index (χ1v) is 8.53. The Morgan fingerprint density at radius 3 is 2.96 bits per heavy atom.